The number of rotatable bonds is 4. The molecule has 0 amide bonds. The van der Waals surface area contributed by atoms with Crippen LogP contribution in [-0.2, 0) is 6.42 Å². The molecular weight excluding hydrogens is 256 g/mol. The minimum atomic E-state index is 0.294. The Kier molecular flexibility index (Phi) is 7.10. The summed E-state index contributed by atoms with van der Waals surface area (Å²) in [5.41, 5.74) is 12.3. The fraction of sp³-hybridized carbons (Fsp3) is 0.421. The van der Waals surface area contributed by atoms with Crippen molar-refractivity contribution in [2.75, 3.05) is 6.54 Å². The van der Waals surface area contributed by atoms with Gasteiger partial charge in [-0.25, -0.2) is 0 Å². The van der Waals surface area contributed by atoms with Gasteiger partial charge in [-0.2, -0.15) is 0 Å². The molecule has 1 aromatic heterocycles. The van der Waals surface area contributed by atoms with Crippen LogP contribution >= 0.6 is 0 Å². The Hall–Kier alpha value is -1.67. The van der Waals surface area contributed by atoms with Crippen LogP contribution in [0.1, 0.15) is 47.7 Å². The van der Waals surface area contributed by atoms with Crippen molar-refractivity contribution < 1.29 is 0 Å². The van der Waals surface area contributed by atoms with Gasteiger partial charge >= 0.3 is 0 Å². The quantitative estimate of drug-likeness (QED) is 0.908. The number of nitrogens with zero attached hydrogens (tertiary/aromatic N) is 1. The molecule has 1 heterocycles. The summed E-state index contributed by atoms with van der Waals surface area (Å²) in [5, 5.41) is 0. The molecule has 0 aliphatic heterocycles. The van der Waals surface area contributed by atoms with Gasteiger partial charge in [-0.15, -0.1) is 0 Å². The van der Waals surface area contributed by atoms with Crippen LogP contribution in [0.25, 0.3) is 0 Å². The summed E-state index contributed by atoms with van der Waals surface area (Å²) in [6.45, 7) is 11.0. The molecule has 0 bridgehead atoms. The second-order valence-electron chi connectivity index (χ2n) is 5.27. The smallest absolute Gasteiger partial charge is 0.0479 e. The van der Waals surface area contributed by atoms with Gasteiger partial charge in [0.15, 0.2) is 0 Å². The molecule has 2 nitrogen and oxygen atoms in total. The number of hydrogen-bond donors (Lipinski definition) is 1. The highest BCUT2D eigenvalue weighted by Gasteiger charge is 2.15. The zero-order chi connectivity index (χ0) is 15.8. The summed E-state index contributed by atoms with van der Waals surface area (Å²) >= 11 is 0. The first-order valence-corrected chi connectivity index (χ1v) is 7.79. The van der Waals surface area contributed by atoms with Crippen LogP contribution in [-0.4, -0.2) is 11.5 Å². The van der Waals surface area contributed by atoms with Crippen molar-refractivity contribution >= 4 is 0 Å². The van der Waals surface area contributed by atoms with Crippen LogP contribution in [0.3, 0.4) is 0 Å². The average molecular weight is 284 g/mol. The van der Waals surface area contributed by atoms with Gasteiger partial charge in [0.2, 0.25) is 0 Å². The molecule has 0 saturated heterocycles. The van der Waals surface area contributed by atoms with E-state index >= 15 is 0 Å². The molecule has 0 fully saturated rings. The summed E-state index contributed by atoms with van der Waals surface area (Å²) in [6.07, 6.45) is 2.81. The van der Waals surface area contributed by atoms with E-state index in [9.17, 15) is 0 Å². The van der Waals surface area contributed by atoms with Gasteiger partial charge in [0.05, 0.1) is 0 Å². The molecule has 0 aliphatic carbocycles. The predicted molar refractivity (Wildman–Crippen MR) is 91.7 cm³/mol. The van der Waals surface area contributed by atoms with Gasteiger partial charge in [0, 0.05) is 24.4 Å². The topological polar surface area (TPSA) is 38.9 Å². The zero-order valence-electron chi connectivity index (χ0n) is 14.0. The lowest BCUT2D eigenvalue weighted by atomic mass is 9.91. The minimum Gasteiger partial charge on any atom is -0.330 e. The Morgan fingerprint density at radius 1 is 1.05 bits per heavy atom. The van der Waals surface area contributed by atoms with E-state index in [0.29, 0.717) is 12.5 Å². The maximum Gasteiger partial charge on any atom is 0.0479 e. The third-order valence-corrected chi connectivity index (χ3v) is 3.69. The Morgan fingerprint density at radius 3 is 2.33 bits per heavy atom. The van der Waals surface area contributed by atoms with Crippen molar-refractivity contribution in [1.82, 2.24) is 4.98 Å². The predicted octanol–water partition coefficient (Wildman–Crippen LogP) is 4.32. The lowest BCUT2D eigenvalue weighted by molar-refractivity contribution is 0.665. The van der Waals surface area contributed by atoms with Gasteiger partial charge < -0.3 is 5.73 Å². The first kappa shape index (κ1) is 17.4. The lowest BCUT2D eigenvalue weighted by Gasteiger charge is -2.18. The molecular formula is C19H28N2. The van der Waals surface area contributed by atoms with Crippen LogP contribution in [0.4, 0.5) is 0 Å². The Morgan fingerprint density at radius 2 is 1.76 bits per heavy atom. The molecule has 2 heteroatoms. The number of hydrogen-bond acceptors (Lipinski definition) is 2. The minimum absolute atomic E-state index is 0.294. The van der Waals surface area contributed by atoms with Crippen molar-refractivity contribution in [3.63, 3.8) is 0 Å². The second kappa shape index (κ2) is 8.58. The maximum atomic E-state index is 5.96. The average Bonchev–Trinajstić information content (AvgIpc) is 2.50. The lowest BCUT2D eigenvalue weighted by Crippen LogP contribution is -2.17. The molecule has 0 radical (unpaired) electrons. The van der Waals surface area contributed by atoms with E-state index < -0.39 is 0 Å². The van der Waals surface area contributed by atoms with Gasteiger partial charge in [0.25, 0.3) is 0 Å². The molecule has 114 valence electrons. The van der Waals surface area contributed by atoms with Crippen molar-refractivity contribution in [3.8, 4) is 0 Å². The molecule has 0 spiro atoms. The summed E-state index contributed by atoms with van der Waals surface area (Å²) in [7, 11) is 0. The molecule has 1 atom stereocenters. The van der Waals surface area contributed by atoms with Crippen molar-refractivity contribution in [1.29, 1.82) is 0 Å². The summed E-state index contributed by atoms with van der Waals surface area (Å²) in [5.74, 6) is 0.294. The maximum absolute atomic E-state index is 5.96. The SMILES string of the molecule is CC.Cc1ccc(CC(CN)c2ncccc2C)c(C)c1. The third kappa shape index (κ3) is 4.68. The van der Waals surface area contributed by atoms with Gasteiger partial charge in [-0.1, -0.05) is 43.7 Å². The van der Waals surface area contributed by atoms with Crippen molar-refractivity contribution in [2.24, 2.45) is 5.73 Å². The van der Waals surface area contributed by atoms with Gasteiger partial charge in [-0.3, -0.25) is 4.98 Å². The van der Waals surface area contributed by atoms with E-state index in [2.05, 4.69) is 50.0 Å². The van der Waals surface area contributed by atoms with E-state index in [0.717, 1.165) is 12.1 Å². The summed E-state index contributed by atoms with van der Waals surface area (Å²) < 4.78 is 0. The standard InChI is InChI=1S/C17H22N2.C2H6/c1-12-6-7-15(14(3)9-12)10-16(11-18)17-13(2)5-4-8-19-17;1-2/h4-9,16H,10-11,18H2,1-3H3;1-2H3. The molecule has 2 N–H and O–H groups in total. The Balaban J connectivity index is 0.00000106. The number of nitrogens with two attached hydrogens (primary N) is 1. The summed E-state index contributed by atoms with van der Waals surface area (Å²) in [6, 6.07) is 10.7. The van der Waals surface area contributed by atoms with Crippen LogP contribution in [0.2, 0.25) is 0 Å². The fourth-order valence-corrected chi connectivity index (χ4v) is 2.56. The van der Waals surface area contributed by atoms with E-state index in [1.165, 1.54) is 22.3 Å². The van der Waals surface area contributed by atoms with Gasteiger partial charge in [0.1, 0.15) is 0 Å². The molecule has 21 heavy (non-hydrogen) atoms. The van der Waals surface area contributed by atoms with Crippen LogP contribution in [0, 0.1) is 20.8 Å². The Bertz CT molecular complexity index is 561. The van der Waals surface area contributed by atoms with Gasteiger partial charge in [-0.05, 0) is 49.9 Å². The number of pyridine rings is 1. The second-order valence-corrected chi connectivity index (χ2v) is 5.27. The fourth-order valence-electron chi connectivity index (χ4n) is 2.56. The number of aryl methyl sites for hydroxylation is 3. The molecule has 1 unspecified atom stereocenters. The highest BCUT2D eigenvalue weighted by atomic mass is 14.7. The normalized spacial score (nSPS) is 11.5. The first-order valence-electron chi connectivity index (χ1n) is 7.79. The largest absolute Gasteiger partial charge is 0.330 e. The highest BCUT2D eigenvalue weighted by Crippen LogP contribution is 2.23. The Labute approximate surface area is 129 Å². The molecule has 1 aromatic carbocycles. The van der Waals surface area contributed by atoms with Crippen molar-refractivity contribution in [3.05, 3.63) is 64.5 Å². The van der Waals surface area contributed by atoms with Crippen LogP contribution in [0.5, 0.6) is 0 Å². The molecule has 2 rings (SSSR count). The molecule has 0 saturated carbocycles. The van der Waals surface area contributed by atoms with Crippen molar-refractivity contribution in [2.45, 2.75) is 47.0 Å². The monoisotopic (exact) mass is 284 g/mol. The summed E-state index contributed by atoms with van der Waals surface area (Å²) in [4.78, 5) is 4.51. The van der Waals surface area contributed by atoms with Crippen LogP contribution < -0.4 is 5.73 Å². The van der Waals surface area contributed by atoms with Crippen LogP contribution in [0.15, 0.2) is 36.5 Å². The zero-order valence-corrected chi connectivity index (χ0v) is 14.0. The van der Waals surface area contributed by atoms with E-state index in [4.69, 9.17) is 5.73 Å². The van der Waals surface area contributed by atoms with E-state index in [-0.39, 0.29) is 0 Å². The van der Waals surface area contributed by atoms with E-state index in [1.807, 2.05) is 26.1 Å². The first-order chi connectivity index (χ1) is 10.1. The molecule has 0 aliphatic rings. The molecule has 2 aromatic rings. The van der Waals surface area contributed by atoms with E-state index in [1.54, 1.807) is 0 Å². The number of aromatic nitrogens is 1. The third-order valence-electron chi connectivity index (χ3n) is 3.69. The highest BCUT2D eigenvalue weighted by molar-refractivity contribution is 5.33. The number of benzene rings is 1.